The summed E-state index contributed by atoms with van der Waals surface area (Å²) in [4.78, 5) is 0. The van der Waals surface area contributed by atoms with E-state index in [1.54, 1.807) is 0 Å². The lowest BCUT2D eigenvalue weighted by Crippen LogP contribution is -2.44. The average Bonchev–Trinajstić information content (AvgIpc) is 2.68. The molecule has 2 aliphatic rings. The van der Waals surface area contributed by atoms with E-state index in [-0.39, 0.29) is 25.0 Å². The summed E-state index contributed by atoms with van der Waals surface area (Å²) in [5, 5.41) is 0. The van der Waals surface area contributed by atoms with Crippen LogP contribution in [0.15, 0.2) is 0 Å². The highest BCUT2D eigenvalue weighted by Gasteiger charge is 2.59. The molecule has 2 heterocycles. The van der Waals surface area contributed by atoms with Gasteiger partial charge in [0.2, 0.25) is 0 Å². The minimum atomic E-state index is -4.22. The van der Waals surface area contributed by atoms with Crippen LogP contribution in [0.2, 0.25) is 0 Å². The number of hydrogen-bond donors (Lipinski definition) is 0. The van der Waals surface area contributed by atoms with Crippen LogP contribution in [0.25, 0.3) is 0 Å². The predicted octanol–water partition coefficient (Wildman–Crippen LogP) is 4.50. The van der Waals surface area contributed by atoms with Crippen molar-refractivity contribution in [1.29, 1.82) is 0 Å². The molecule has 144 valence electrons. The Balaban J connectivity index is 0.000000240. The normalized spacial score (nSPS) is 28.0. The zero-order valence-corrected chi connectivity index (χ0v) is 13.9. The Morgan fingerprint density at radius 2 is 1.75 bits per heavy atom. The number of hydrogen-bond acceptors (Lipinski definition) is 3. The fourth-order valence-corrected chi connectivity index (χ4v) is 2.24. The molecule has 0 aliphatic carbocycles. The van der Waals surface area contributed by atoms with Crippen LogP contribution in [0.4, 0.5) is 26.3 Å². The molecule has 2 fully saturated rings. The highest BCUT2D eigenvalue weighted by molar-refractivity contribution is 4.90. The Labute approximate surface area is 137 Å². The van der Waals surface area contributed by atoms with Gasteiger partial charge in [-0.2, -0.15) is 13.2 Å². The molecule has 0 radical (unpaired) electrons. The van der Waals surface area contributed by atoms with Crippen LogP contribution in [0.3, 0.4) is 0 Å². The molecular formula is C15H24F6O3. The number of halogens is 6. The van der Waals surface area contributed by atoms with Gasteiger partial charge in [-0.05, 0) is 6.42 Å². The Bertz CT molecular complexity index is 384. The van der Waals surface area contributed by atoms with Crippen molar-refractivity contribution in [3.05, 3.63) is 0 Å². The summed E-state index contributed by atoms with van der Waals surface area (Å²) < 4.78 is 87.5. The standard InChI is InChI=1S/C8H13F3O.C7H11F3O2/c1-2-3-4-8(11)7(9,10)5-6-12-8;1-6(2-11-3-6)4-12-5-7(8,9)10/h2-6H2,1H3;2-5H2,1H3. The van der Waals surface area contributed by atoms with Gasteiger partial charge in [0.25, 0.3) is 5.85 Å². The van der Waals surface area contributed by atoms with Crippen molar-refractivity contribution in [3.63, 3.8) is 0 Å². The monoisotopic (exact) mass is 366 g/mol. The van der Waals surface area contributed by atoms with Gasteiger partial charge in [-0.1, -0.05) is 20.3 Å². The molecular weight excluding hydrogens is 342 g/mol. The highest BCUT2D eigenvalue weighted by atomic mass is 19.4. The van der Waals surface area contributed by atoms with Gasteiger partial charge in [0.1, 0.15) is 6.61 Å². The van der Waals surface area contributed by atoms with Crippen molar-refractivity contribution in [2.45, 2.75) is 57.5 Å². The number of unbranched alkanes of at least 4 members (excludes halogenated alkanes) is 1. The second kappa shape index (κ2) is 8.23. The Morgan fingerprint density at radius 1 is 1.12 bits per heavy atom. The summed E-state index contributed by atoms with van der Waals surface area (Å²) in [6.07, 6.45) is -3.78. The molecule has 2 saturated heterocycles. The van der Waals surface area contributed by atoms with Crippen LogP contribution >= 0.6 is 0 Å². The van der Waals surface area contributed by atoms with E-state index in [0.717, 1.165) is 0 Å². The van der Waals surface area contributed by atoms with Crippen molar-refractivity contribution in [2.24, 2.45) is 5.41 Å². The quantitative estimate of drug-likeness (QED) is 0.648. The van der Waals surface area contributed by atoms with Crippen LogP contribution in [0, 0.1) is 5.41 Å². The van der Waals surface area contributed by atoms with Crippen molar-refractivity contribution in [3.8, 4) is 0 Å². The van der Waals surface area contributed by atoms with E-state index in [2.05, 4.69) is 9.47 Å². The maximum absolute atomic E-state index is 13.3. The van der Waals surface area contributed by atoms with Crippen LogP contribution in [0.1, 0.15) is 39.5 Å². The van der Waals surface area contributed by atoms with Gasteiger partial charge in [-0.3, -0.25) is 0 Å². The van der Waals surface area contributed by atoms with Crippen molar-refractivity contribution in [1.82, 2.24) is 0 Å². The van der Waals surface area contributed by atoms with E-state index in [1.807, 2.05) is 13.8 Å². The maximum atomic E-state index is 13.3. The maximum Gasteiger partial charge on any atom is 0.411 e. The summed E-state index contributed by atoms with van der Waals surface area (Å²) in [6, 6.07) is 0. The first-order chi connectivity index (χ1) is 10.9. The summed E-state index contributed by atoms with van der Waals surface area (Å²) >= 11 is 0. The van der Waals surface area contributed by atoms with Gasteiger partial charge >= 0.3 is 12.1 Å². The highest BCUT2D eigenvalue weighted by Crippen LogP contribution is 2.45. The lowest BCUT2D eigenvalue weighted by molar-refractivity contribution is -0.228. The smallest absolute Gasteiger partial charge is 0.380 e. The first-order valence-electron chi connectivity index (χ1n) is 7.86. The molecule has 24 heavy (non-hydrogen) atoms. The fourth-order valence-electron chi connectivity index (χ4n) is 2.24. The van der Waals surface area contributed by atoms with Gasteiger partial charge in [0, 0.05) is 18.3 Å². The third-order valence-corrected chi connectivity index (χ3v) is 3.76. The van der Waals surface area contributed by atoms with Gasteiger partial charge in [-0.15, -0.1) is 0 Å². The summed E-state index contributed by atoms with van der Waals surface area (Å²) in [7, 11) is 0. The molecule has 0 N–H and O–H groups in total. The van der Waals surface area contributed by atoms with Crippen LogP contribution in [0.5, 0.6) is 0 Å². The first-order valence-corrected chi connectivity index (χ1v) is 7.86. The molecule has 0 bridgehead atoms. The fraction of sp³-hybridized carbons (Fsp3) is 1.00. The molecule has 0 aromatic rings. The van der Waals surface area contributed by atoms with Crippen LogP contribution < -0.4 is 0 Å². The average molecular weight is 366 g/mol. The van der Waals surface area contributed by atoms with Crippen LogP contribution in [-0.2, 0) is 14.2 Å². The van der Waals surface area contributed by atoms with Crippen molar-refractivity contribution < 1.29 is 40.6 Å². The van der Waals surface area contributed by atoms with Gasteiger partial charge in [0.15, 0.2) is 0 Å². The van der Waals surface area contributed by atoms with E-state index >= 15 is 0 Å². The summed E-state index contributed by atoms with van der Waals surface area (Å²) in [6.45, 7) is 3.43. The third-order valence-electron chi connectivity index (χ3n) is 3.76. The molecule has 2 aliphatic heterocycles. The molecule has 1 unspecified atom stereocenters. The van der Waals surface area contributed by atoms with E-state index in [4.69, 9.17) is 4.74 Å². The molecule has 3 nitrogen and oxygen atoms in total. The SMILES string of the molecule is CC1(COCC(F)(F)F)COC1.CCCCC1(F)OCCC1(F)F. The molecule has 2 rings (SSSR count). The lowest BCUT2D eigenvalue weighted by Gasteiger charge is -2.37. The minimum absolute atomic E-state index is 0.118. The second-order valence-corrected chi connectivity index (χ2v) is 6.55. The molecule has 0 spiro atoms. The zero-order chi connectivity index (χ0) is 18.5. The Kier molecular flexibility index (Phi) is 7.37. The molecule has 0 aromatic carbocycles. The largest absolute Gasteiger partial charge is 0.411 e. The second-order valence-electron chi connectivity index (χ2n) is 6.55. The minimum Gasteiger partial charge on any atom is -0.380 e. The third kappa shape index (κ3) is 6.40. The van der Waals surface area contributed by atoms with E-state index in [1.165, 1.54) is 0 Å². The van der Waals surface area contributed by atoms with Crippen LogP contribution in [-0.4, -0.2) is 51.0 Å². The van der Waals surface area contributed by atoms with Gasteiger partial charge < -0.3 is 14.2 Å². The number of rotatable bonds is 6. The topological polar surface area (TPSA) is 27.7 Å². The number of alkyl halides is 6. The Morgan fingerprint density at radius 3 is 2.12 bits per heavy atom. The Hall–Kier alpha value is -0.540. The van der Waals surface area contributed by atoms with Crippen molar-refractivity contribution in [2.75, 3.05) is 33.0 Å². The van der Waals surface area contributed by atoms with Gasteiger partial charge in [-0.25, -0.2) is 13.2 Å². The summed E-state index contributed by atoms with van der Waals surface area (Å²) in [5.41, 5.74) is -0.203. The number of ether oxygens (including phenoxy) is 3. The summed E-state index contributed by atoms with van der Waals surface area (Å²) in [5.74, 6) is -5.98. The van der Waals surface area contributed by atoms with Crippen molar-refractivity contribution >= 4 is 0 Å². The van der Waals surface area contributed by atoms with Gasteiger partial charge in [0.05, 0.1) is 26.4 Å². The predicted molar refractivity (Wildman–Crippen MR) is 74.7 cm³/mol. The lowest BCUT2D eigenvalue weighted by atomic mass is 9.90. The molecule has 1 atom stereocenters. The molecule has 0 amide bonds. The zero-order valence-electron chi connectivity index (χ0n) is 13.9. The van der Waals surface area contributed by atoms with E-state index < -0.39 is 31.0 Å². The molecule has 9 heteroatoms. The molecule has 0 saturated carbocycles. The first kappa shape index (κ1) is 21.5. The van der Waals surface area contributed by atoms with E-state index in [9.17, 15) is 26.3 Å². The molecule has 0 aromatic heterocycles. The van der Waals surface area contributed by atoms with E-state index in [0.29, 0.717) is 26.1 Å².